The van der Waals surface area contributed by atoms with Crippen LogP contribution in [0.3, 0.4) is 0 Å². The number of oxazole rings is 1. The Labute approximate surface area is 368 Å². The smallest absolute Gasteiger partial charge is 0.253 e. The van der Waals surface area contributed by atoms with Gasteiger partial charge in [0.15, 0.2) is 11.5 Å². The van der Waals surface area contributed by atoms with Crippen molar-refractivity contribution in [2.45, 2.75) is 140 Å². The first kappa shape index (κ1) is 45.0. The number of nitrogens with one attached hydrogen (secondary N) is 4. The van der Waals surface area contributed by atoms with E-state index < -0.39 is 17.4 Å². The number of aromatic nitrogens is 1. The second kappa shape index (κ2) is 21.4. The molecule has 1 aromatic heterocycles. The zero-order valence-electron chi connectivity index (χ0n) is 37.1. The zero-order valence-corrected chi connectivity index (χ0v) is 37.1. The zero-order chi connectivity index (χ0) is 43.5. The summed E-state index contributed by atoms with van der Waals surface area (Å²) in [5.41, 5.74) is 2.89. The Morgan fingerprint density at radius 1 is 0.694 bits per heavy atom. The molecule has 7 atom stereocenters. The summed E-state index contributed by atoms with van der Waals surface area (Å²) < 4.78 is 6.22. The second-order valence-corrected chi connectivity index (χ2v) is 18.3. The molecule has 0 bridgehead atoms. The van der Waals surface area contributed by atoms with Crippen LogP contribution in [-0.2, 0) is 20.8 Å². The Hall–Kier alpha value is -5.03. The van der Waals surface area contributed by atoms with Crippen molar-refractivity contribution < 1.29 is 23.6 Å². The van der Waals surface area contributed by atoms with E-state index in [2.05, 4.69) is 59.4 Å². The molecule has 3 aromatic carbocycles. The highest BCUT2D eigenvalue weighted by atomic mass is 16.3. The first-order valence-electron chi connectivity index (χ1n) is 23.6. The molecule has 0 radical (unpaired) electrons. The average Bonchev–Trinajstić information content (AvgIpc) is 4.14. The van der Waals surface area contributed by atoms with Crippen LogP contribution in [0.25, 0.3) is 11.1 Å². The van der Waals surface area contributed by atoms with Gasteiger partial charge in [-0.1, -0.05) is 132 Å². The number of likely N-dealkylation sites (tertiary alicyclic amines) is 1. The van der Waals surface area contributed by atoms with Gasteiger partial charge in [0.25, 0.3) is 5.91 Å². The Bertz CT molecular complexity index is 2030. The summed E-state index contributed by atoms with van der Waals surface area (Å²) in [6.07, 6.45) is 14.6. The summed E-state index contributed by atoms with van der Waals surface area (Å²) >= 11 is 0. The number of hydrogen-bond donors (Lipinski definition) is 4. The standard InChI is InChI=1S/C51H68N6O5/c1-4-6-8-10-11-12-20-28-53-51(3,50(61)52-27-19-9-7-5-2)32-46-54-44-29-37(25-26-45(44)62-46)49(60)57-33-40(47(58)55-42-30-38(42)35-21-15-13-16-22-35)41(34-57)48(59)56-43-31-39(43)36-23-17-14-18-24-36/h13-18,21-26,29,38-43,53H,4-12,19-20,27-28,30-34H2,1-3H3,(H,52,61)(H,55,58)(H,56,59)/t38-,39-,40-,41-,42+,43+,51-/m1/s1. The molecule has 1 aliphatic heterocycles. The predicted octanol–water partition coefficient (Wildman–Crippen LogP) is 8.20. The molecule has 2 saturated carbocycles. The van der Waals surface area contributed by atoms with Crippen LogP contribution in [0.4, 0.5) is 0 Å². The van der Waals surface area contributed by atoms with E-state index in [-0.39, 0.29) is 67.1 Å². The maximum Gasteiger partial charge on any atom is 0.253 e. The quantitative estimate of drug-likeness (QED) is 0.0521. The molecule has 62 heavy (non-hydrogen) atoms. The molecule has 0 unspecified atom stereocenters. The fourth-order valence-electron chi connectivity index (χ4n) is 9.21. The van der Waals surface area contributed by atoms with E-state index in [0.29, 0.717) is 35.6 Å². The molecule has 11 nitrogen and oxygen atoms in total. The van der Waals surface area contributed by atoms with Crippen molar-refractivity contribution >= 4 is 34.7 Å². The normalized spacial score (nSPS) is 22.5. The van der Waals surface area contributed by atoms with Gasteiger partial charge in [0.1, 0.15) is 11.1 Å². The van der Waals surface area contributed by atoms with E-state index in [1.807, 2.05) is 43.3 Å². The van der Waals surface area contributed by atoms with Gasteiger partial charge in [0.05, 0.1) is 18.3 Å². The number of benzene rings is 3. The summed E-state index contributed by atoms with van der Waals surface area (Å²) in [6, 6.07) is 25.5. The van der Waals surface area contributed by atoms with Crippen molar-refractivity contribution in [1.82, 2.24) is 31.2 Å². The van der Waals surface area contributed by atoms with Crippen LogP contribution in [0, 0.1) is 11.8 Å². The Morgan fingerprint density at radius 2 is 1.23 bits per heavy atom. The number of hydrogen-bond acceptors (Lipinski definition) is 7. The van der Waals surface area contributed by atoms with Crippen LogP contribution in [0.15, 0.2) is 83.3 Å². The number of carbonyl (C=O) groups excluding carboxylic acids is 4. The van der Waals surface area contributed by atoms with Crippen LogP contribution >= 0.6 is 0 Å². The Balaban J connectivity index is 1.02. The molecule has 4 aromatic rings. The summed E-state index contributed by atoms with van der Waals surface area (Å²) in [5.74, 6) is -1.19. The Morgan fingerprint density at radius 3 is 1.81 bits per heavy atom. The number of amides is 4. The molecule has 4 amide bonds. The lowest BCUT2D eigenvalue weighted by Crippen LogP contribution is -2.56. The topological polar surface area (TPSA) is 146 Å². The molecule has 0 spiro atoms. The highest BCUT2D eigenvalue weighted by Gasteiger charge is 2.49. The largest absolute Gasteiger partial charge is 0.441 e. The first-order valence-corrected chi connectivity index (χ1v) is 23.6. The number of unbranched alkanes of at least 4 members (excludes halogenated alkanes) is 9. The molecule has 2 aliphatic carbocycles. The molecular formula is C51H68N6O5. The van der Waals surface area contributed by atoms with Crippen molar-refractivity contribution in [2.24, 2.45) is 11.8 Å². The van der Waals surface area contributed by atoms with Gasteiger partial charge in [-0.3, -0.25) is 19.2 Å². The van der Waals surface area contributed by atoms with Crippen LogP contribution in [0.1, 0.15) is 143 Å². The molecule has 332 valence electrons. The van der Waals surface area contributed by atoms with Crippen LogP contribution in [0.5, 0.6) is 0 Å². The molecule has 4 N–H and O–H groups in total. The monoisotopic (exact) mass is 845 g/mol. The number of nitrogens with zero attached hydrogens (tertiary/aromatic N) is 2. The predicted molar refractivity (Wildman–Crippen MR) is 244 cm³/mol. The van der Waals surface area contributed by atoms with Gasteiger partial charge in [-0.25, -0.2) is 4.98 Å². The molecule has 11 heteroatoms. The van der Waals surface area contributed by atoms with Gasteiger partial charge in [0.2, 0.25) is 17.7 Å². The summed E-state index contributed by atoms with van der Waals surface area (Å²) in [5, 5.41) is 13.1. The second-order valence-electron chi connectivity index (χ2n) is 18.3. The molecule has 7 rings (SSSR count). The van der Waals surface area contributed by atoms with Crippen molar-refractivity contribution in [3.8, 4) is 0 Å². The lowest BCUT2D eigenvalue weighted by Gasteiger charge is -2.29. The maximum absolute atomic E-state index is 14.2. The highest BCUT2D eigenvalue weighted by Crippen LogP contribution is 2.43. The summed E-state index contributed by atoms with van der Waals surface area (Å²) in [6.45, 7) is 7.93. The van der Waals surface area contributed by atoms with Crippen LogP contribution < -0.4 is 21.3 Å². The third-order valence-corrected chi connectivity index (χ3v) is 13.3. The molecule has 3 fully saturated rings. The first-order chi connectivity index (χ1) is 30.2. The van der Waals surface area contributed by atoms with Crippen molar-refractivity contribution in [3.63, 3.8) is 0 Å². The van der Waals surface area contributed by atoms with Gasteiger partial charge in [0, 0.05) is 49.1 Å². The average molecular weight is 845 g/mol. The maximum atomic E-state index is 14.2. The van der Waals surface area contributed by atoms with Crippen LogP contribution in [-0.4, -0.2) is 77.3 Å². The number of fused-ring (bicyclic) bond motifs is 1. The number of carbonyl (C=O) groups is 4. The lowest BCUT2D eigenvalue weighted by molar-refractivity contribution is -0.133. The van der Waals surface area contributed by atoms with E-state index in [1.165, 1.54) is 43.2 Å². The van der Waals surface area contributed by atoms with Crippen molar-refractivity contribution in [1.29, 1.82) is 0 Å². The highest BCUT2D eigenvalue weighted by molar-refractivity contribution is 5.99. The number of rotatable bonds is 24. The van der Waals surface area contributed by atoms with E-state index in [1.54, 1.807) is 23.1 Å². The van der Waals surface area contributed by atoms with Crippen molar-refractivity contribution in [2.75, 3.05) is 26.2 Å². The van der Waals surface area contributed by atoms with Crippen molar-refractivity contribution in [3.05, 3.63) is 101 Å². The van der Waals surface area contributed by atoms with E-state index in [4.69, 9.17) is 9.40 Å². The summed E-state index contributed by atoms with van der Waals surface area (Å²) in [4.78, 5) is 62.4. The van der Waals surface area contributed by atoms with Gasteiger partial charge >= 0.3 is 0 Å². The molecular weight excluding hydrogens is 777 g/mol. The van der Waals surface area contributed by atoms with E-state index in [0.717, 1.165) is 51.4 Å². The minimum absolute atomic E-state index is 0.00210. The van der Waals surface area contributed by atoms with Gasteiger partial charge in [-0.15, -0.1) is 0 Å². The van der Waals surface area contributed by atoms with Gasteiger partial charge in [-0.2, -0.15) is 0 Å². The SMILES string of the molecule is CCCCCCCCCN[C@](C)(Cc1nc2cc(C(=O)N3C[C@@H](C(=O)N[C@H]4C[C@@H]4c4ccccc4)[C@H](C(=O)N[C@H]4C[C@@H]4c4ccccc4)C3)ccc2o1)C(=O)NCCCCCC. The molecule has 1 saturated heterocycles. The van der Waals surface area contributed by atoms with Crippen LogP contribution in [0.2, 0.25) is 0 Å². The van der Waals surface area contributed by atoms with E-state index in [9.17, 15) is 19.2 Å². The summed E-state index contributed by atoms with van der Waals surface area (Å²) in [7, 11) is 0. The lowest BCUT2D eigenvalue weighted by atomic mass is 9.94. The minimum atomic E-state index is -0.934. The fourth-order valence-corrected chi connectivity index (χ4v) is 9.21. The molecule has 2 heterocycles. The van der Waals surface area contributed by atoms with Gasteiger partial charge in [-0.05, 0) is 68.5 Å². The minimum Gasteiger partial charge on any atom is -0.441 e. The van der Waals surface area contributed by atoms with E-state index >= 15 is 0 Å². The van der Waals surface area contributed by atoms with Gasteiger partial charge < -0.3 is 30.6 Å². The molecule has 3 aliphatic rings. The fraction of sp³-hybridized carbons (Fsp3) is 0.549. The third-order valence-electron chi connectivity index (χ3n) is 13.3. The third kappa shape index (κ3) is 11.7. The Kier molecular flexibility index (Phi) is 15.5.